The highest BCUT2D eigenvalue weighted by Crippen LogP contribution is 2.20. The van der Waals surface area contributed by atoms with Crippen LogP contribution in [-0.2, 0) is 14.3 Å². The number of amides is 1. The van der Waals surface area contributed by atoms with E-state index < -0.39 is 0 Å². The van der Waals surface area contributed by atoms with E-state index in [0.717, 1.165) is 5.69 Å². The zero-order valence-corrected chi connectivity index (χ0v) is 11.5. The molecule has 2 atom stereocenters. The minimum Gasteiger partial charge on any atom is -0.489 e. The van der Waals surface area contributed by atoms with Crippen molar-refractivity contribution in [3.8, 4) is 5.75 Å². The maximum atomic E-state index is 11.4. The number of benzene rings is 1. The second-order valence-corrected chi connectivity index (χ2v) is 4.67. The number of rotatable bonds is 4. The number of nitrogens with one attached hydrogen (secondary N) is 2. The van der Waals surface area contributed by atoms with Crippen LogP contribution in [-0.4, -0.2) is 37.7 Å². The van der Waals surface area contributed by atoms with Gasteiger partial charge in [-0.25, -0.2) is 0 Å². The van der Waals surface area contributed by atoms with E-state index in [9.17, 15) is 9.59 Å². The van der Waals surface area contributed by atoms with Gasteiger partial charge >= 0.3 is 5.97 Å². The number of esters is 1. The minimum absolute atomic E-state index is 0.0642. The van der Waals surface area contributed by atoms with Crippen molar-refractivity contribution >= 4 is 17.6 Å². The van der Waals surface area contributed by atoms with E-state index in [1.54, 1.807) is 24.3 Å². The predicted molar refractivity (Wildman–Crippen MR) is 73.6 cm³/mol. The Labute approximate surface area is 117 Å². The number of anilines is 1. The lowest BCUT2D eigenvalue weighted by Crippen LogP contribution is -2.31. The maximum absolute atomic E-state index is 11.4. The van der Waals surface area contributed by atoms with Crippen LogP contribution < -0.4 is 15.4 Å². The molecule has 0 aliphatic carbocycles. The molecule has 0 aromatic heterocycles. The Morgan fingerprint density at radius 2 is 2.00 bits per heavy atom. The van der Waals surface area contributed by atoms with Crippen LogP contribution in [0.5, 0.6) is 5.75 Å². The van der Waals surface area contributed by atoms with Crippen LogP contribution in [0, 0.1) is 0 Å². The summed E-state index contributed by atoms with van der Waals surface area (Å²) in [4.78, 5) is 22.3. The molecule has 6 nitrogen and oxygen atoms in total. The molecule has 1 aromatic carbocycles. The van der Waals surface area contributed by atoms with Gasteiger partial charge in [-0.05, 0) is 24.3 Å². The molecule has 1 aliphatic heterocycles. The average molecular weight is 278 g/mol. The summed E-state index contributed by atoms with van der Waals surface area (Å²) in [5.41, 5.74) is 0.724. The summed E-state index contributed by atoms with van der Waals surface area (Å²) >= 11 is 0. The summed E-state index contributed by atoms with van der Waals surface area (Å²) in [5, 5.41) is 5.75. The maximum Gasteiger partial charge on any atom is 0.323 e. The first kappa shape index (κ1) is 14.3. The van der Waals surface area contributed by atoms with E-state index in [0.29, 0.717) is 18.7 Å². The Morgan fingerprint density at radius 1 is 1.30 bits per heavy atom. The Kier molecular flexibility index (Phi) is 4.57. The molecule has 0 unspecified atom stereocenters. The van der Waals surface area contributed by atoms with Crippen molar-refractivity contribution in [3.05, 3.63) is 24.3 Å². The molecule has 0 spiro atoms. The largest absolute Gasteiger partial charge is 0.489 e. The Bertz CT molecular complexity index is 486. The highest BCUT2D eigenvalue weighted by atomic mass is 16.5. The van der Waals surface area contributed by atoms with E-state index in [1.807, 2.05) is 0 Å². The number of carbonyl (C=O) groups excluding carboxylic acids is 2. The summed E-state index contributed by atoms with van der Waals surface area (Å²) in [6.07, 6.45) is 0.519. The van der Waals surface area contributed by atoms with Crippen LogP contribution in [0.2, 0.25) is 0 Å². The fourth-order valence-electron chi connectivity index (χ4n) is 2.13. The van der Waals surface area contributed by atoms with Crippen LogP contribution in [0.3, 0.4) is 0 Å². The molecule has 0 bridgehead atoms. The first-order valence-corrected chi connectivity index (χ1v) is 6.44. The third-order valence-corrected chi connectivity index (χ3v) is 3.05. The summed E-state index contributed by atoms with van der Waals surface area (Å²) in [7, 11) is 1.37. The molecule has 0 radical (unpaired) electrons. The molecular weight excluding hydrogens is 260 g/mol. The topological polar surface area (TPSA) is 76.7 Å². The van der Waals surface area contributed by atoms with Gasteiger partial charge in [0.1, 0.15) is 17.9 Å². The van der Waals surface area contributed by atoms with E-state index in [-0.39, 0.29) is 24.0 Å². The predicted octanol–water partition coefficient (Wildman–Crippen LogP) is 0.927. The number of carbonyl (C=O) groups is 2. The van der Waals surface area contributed by atoms with Gasteiger partial charge in [-0.2, -0.15) is 0 Å². The molecule has 1 aliphatic rings. The smallest absolute Gasteiger partial charge is 0.323 e. The summed E-state index contributed by atoms with van der Waals surface area (Å²) in [6.45, 7) is 2.06. The van der Waals surface area contributed by atoms with Crippen molar-refractivity contribution in [1.29, 1.82) is 0 Å². The summed E-state index contributed by atoms with van der Waals surface area (Å²) < 4.78 is 10.5. The third kappa shape index (κ3) is 3.71. The van der Waals surface area contributed by atoms with Gasteiger partial charge in [-0.1, -0.05) is 0 Å². The van der Waals surface area contributed by atoms with Crippen LogP contribution in [0.25, 0.3) is 0 Å². The van der Waals surface area contributed by atoms with Gasteiger partial charge in [0.25, 0.3) is 0 Å². The minimum atomic E-state index is -0.302. The van der Waals surface area contributed by atoms with Gasteiger partial charge in [0.2, 0.25) is 5.91 Å². The molecule has 1 heterocycles. The quantitative estimate of drug-likeness (QED) is 0.801. The van der Waals surface area contributed by atoms with Gasteiger partial charge < -0.3 is 20.1 Å². The summed E-state index contributed by atoms with van der Waals surface area (Å²) in [5.74, 6) is 0.327. The number of hydrogen-bond acceptors (Lipinski definition) is 5. The number of methoxy groups -OCH3 is 1. The zero-order valence-electron chi connectivity index (χ0n) is 11.5. The highest BCUT2D eigenvalue weighted by molar-refractivity contribution is 5.88. The molecular formula is C14H18N2O4. The monoisotopic (exact) mass is 278 g/mol. The van der Waals surface area contributed by atoms with Crippen LogP contribution in [0.1, 0.15) is 13.3 Å². The van der Waals surface area contributed by atoms with Crippen LogP contribution in [0.4, 0.5) is 5.69 Å². The molecule has 0 saturated carbocycles. The second-order valence-electron chi connectivity index (χ2n) is 4.67. The average Bonchev–Trinajstić information content (AvgIpc) is 2.88. The van der Waals surface area contributed by atoms with Crippen molar-refractivity contribution in [2.45, 2.75) is 25.5 Å². The summed E-state index contributed by atoms with van der Waals surface area (Å²) in [6, 6.07) is 6.82. The molecule has 1 amide bonds. The lowest BCUT2D eigenvalue weighted by molar-refractivity contribution is -0.142. The molecule has 2 N–H and O–H groups in total. The van der Waals surface area contributed by atoms with Gasteiger partial charge in [0.15, 0.2) is 0 Å². The van der Waals surface area contributed by atoms with E-state index in [1.165, 1.54) is 14.0 Å². The Balaban J connectivity index is 1.88. The number of hydrogen-bond donors (Lipinski definition) is 2. The van der Waals surface area contributed by atoms with Gasteiger partial charge in [0.05, 0.1) is 7.11 Å². The van der Waals surface area contributed by atoms with Gasteiger partial charge in [0, 0.05) is 25.6 Å². The second kappa shape index (κ2) is 6.38. The first-order chi connectivity index (χ1) is 9.58. The lowest BCUT2D eigenvalue weighted by atomic mass is 10.2. The van der Waals surface area contributed by atoms with Gasteiger partial charge in [-0.15, -0.1) is 0 Å². The third-order valence-electron chi connectivity index (χ3n) is 3.05. The fourth-order valence-corrected chi connectivity index (χ4v) is 2.13. The Morgan fingerprint density at radius 3 is 2.60 bits per heavy atom. The van der Waals surface area contributed by atoms with Crippen molar-refractivity contribution in [2.75, 3.05) is 19.0 Å². The molecule has 1 aromatic rings. The zero-order chi connectivity index (χ0) is 14.5. The Hall–Kier alpha value is -2.08. The van der Waals surface area contributed by atoms with E-state index >= 15 is 0 Å². The highest BCUT2D eigenvalue weighted by Gasteiger charge is 2.31. The number of ether oxygens (including phenoxy) is 2. The molecule has 1 fully saturated rings. The SMILES string of the molecule is COC(=O)[C@@H]1C[C@H](Oc2ccc(NC(C)=O)cc2)CN1. The van der Waals surface area contributed by atoms with Crippen molar-refractivity contribution < 1.29 is 19.1 Å². The molecule has 1 saturated heterocycles. The van der Waals surface area contributed by atoms with Crippen molar-refractivity contribution in [3.63, 3.8) is 0 Å². The van der Waals surface area contributed by atoms with Crippen molar-refractivity contribution in [2.24, 2.45) is 0 Å². The van der Waals surface area contributed by atoms with Crippen LogP contribution >= 0.6 is 0 Å². The molecule has 108 valence electrons. The molecule has 2 rings (SSSR count). The normalized spacial score (nSPS) is 21.3. The van der Waals surface area contributed by atoms with E-state index in [4.69, 9.17) is 4.74 Å². The molecule has 6 heteroatoms. The molecule has 20 heavy (non-hydrogen) atoms. The first-order valence-electron chi connectivity index (χ1n) is 6.44. The van der Waals surface area contributed by atoms with Crippen molar-refractivity contribution in [1.82, 2.24) is 5.32 Å². The van der Waals surface area contributed by atoms with Gasteiger partial charge in [-0.3, -0.25) is 9.59 Å². The standard InChI is InChI=1S/C14H18N2O4/c1-9(17)16-10-3-5-11(6-4-10)20-12-7-13(15-8-12)14(18)19-2/h3-6,12-13,15H,7-8H2,1-2H3,(H,16,17)/t12-,13-/m0/s1. The van der Waals surface area contributed by atoms with E-state index in [2.05, 4.69) is 15.4 Å². The lowest BCUT2D eigenvalue weighted by Gasteiger charge is -2.13. The van der Waals surface area contributed by atoms with Crippen LogP contribution in [0.15, 0.2) is 24.3 Å². The fraction of sp³-hybridized carbons (Fsp3) is 0.429.